The van der Waals surface area contributed by atoms with Crippen molar-refractivity contribution >= 4 is 5.97 Å². The lowest BCUT2D eigenvalue weighted by Crippen LogP contribution is -2.51. The first-order chi connectivity index (χ1) is 6.34. The molecule has 0 saturated heterocycles. The number of rotatable bonds is 3. The van der Waals surface area contributed by atoms with Gasteiger partial charge >= 0.3 is 17.4 Å². The van der Waals surface area contributed by atoms with E-state index in [1.165, 1.54) is 6.92 Å². The number of nitrogens with one attached hydrogen (secondary N) is 1. The molecule has 0 unspecified atom stereocenters. The molecule has 4 N–H and O–H groups in total. The predicted molar refractivity (Wildman–Crippen MR) is 43.8 cm³/mol. The number of carboxylic acid groups (broad SMARTS) is 1. The van der Waals surface area contributed by atoms with Crippen LogP contribution in [0.4, 0.5) is 0 Å². The van der Waals surface area contributed by atoms with Gasteiger partial charge in [-0.05, 0) is 6.92 Å². The minimum atomic E-state index is -1.69. The molecule has 0 saturated carbocycles. The Balaban J connectivity index is 3.06. The number of aliphatic carboxylic acids is 1. The Morgan fingerprint density at radius 2 is 2.29 bits per heavy atom. The third-order valence-electron chi connectivity index (χ3n) is 1.67. The van der Waals surface area contributed by atoms with Gasteiger partial charge in [-0.15, -0.1) is 0 Å². The van der Waals surface area contributed by atoms with Crippen LogP contribution in [0, 0.1) is 0 Å². The zero-order chi connectivity index (χ0) is 10.9. The summed E-state index contributed by atoms with van der Waals surface area (Å²) in [6.07, 6.45) is 0. The van der Waals surface area contributed by atoms with Crippen LogP contribution in [0.2, 0.25) is 0 Å². The van der Waals surface area contributed by atoms with E-state index >= 15 is 0 Å². The van der Waals surface area contributed by atoms with E-state index in [1.54, 1.807) is 5.16 Å². The van der Waals surface area contributed by atoms with Gasteiger partial charge in [-0.2, -0.15) is 5.16 Å². The summed E-state index contributed by atoms with van der Waals surface area (Å²) in [4.78, 5) is 32.3. The molecule has 1 aromatic rings. The fourth-order valence-electron chi connectivity index (χ4n) is 0.813. The molecule has 0 amide bonds. The number of carboxylic acids is 1. The number of hydrogen-bond donors (Lipinski definition) is 3. The number of carbonyl (C=O) groups is 1. The molecule has 1 rings (SSSR count). The normalized spacial score (nSPS) is 15.0. The van der Waals surface area contributed by atoms with E-state index in [4.69, 9.17) is 10.8 Å². The van der Waals surface area contributed by atoms with Crippen molar-refractivity contribution in [1.82, 2.24) is 9.72 Å². The second-order valence-corrected chi connectivity index (χ2v) is 3.08. The molecule has 8 nitrogen and oxygen atoms in total. The van der Waals surface area contributed by atoms with Crippen molar-refractivity contribution < 1.29 is 14.4 Å². The molecule has 0 bridgehead atoms. The van der Waals surface area contributed by atoms with E-state index in [9.17, 15) is 14.4 Å². The van der Waals surface area contributed by atoms with Crippen LogP contribution >= 0.6 is 0 Å². The Morgan fingerprint density at radius 1 is 1.71 bits per heavy atom. The first-order valence-corrected chi connectivity index (χ1v) is 3.65. The van der Waals surface area contributed by atoms with Crippen LogP contribution in [0.3, 0.4) is 0 Å². The molecular weight excluding hydrogens is 194 g/mol. The van der Waals surface area contributed by atoms with Crippen molar-refractivity contribution in [1.29, 1.82) is 0 Å². The first-order valence-electron chi connectivity index (χ1n) is 3.65. The molecule has 1 heterocycles. The van der Waals surface area contributed by atoms with Gasteiger partial charge in [-0.25, -0.2) is 14.2 Å². The third kappa shape index (κ3) is 1.74. The highest BCUT2D eigenvalue weighted by molar-refractivity contribution is 5.77. The fraction of sp³-hybridized carbons (Fsp3) is 0.500. The van der Waals surface area contributed by atoms with Gasteiger partial charge in [0.1, 0.15) is 5.54 Å². The summed E-state index contributed by atoms with van der Waals surface area (Å²) < 4.78 is 4.72. The second-order valence-electron chi connectivity index (χ2n) is 3.08. The summed E-state index contributed by atoms with van der Waals surface area (Å²) in [7, 11) is 0. The number of aromatic nitrogens is 2. The van der Waals surface area contributed by atoms with Crippen molar-refractivity contribution in [2.24, 2.45) is 5.73 Å². The largest absolute Gasteiger partial charge is 0.480 e. The van der Waals surface area contributed by atoms with E-state index in [2.05, 4.69) is 4.52 Å². The van der Waals surface area contributed by atoms with Gasteiger partial charge in [0, 0.05) is 0 Å². The molecule has 0 spiro atoms. The molecule has 0 aliphatic rings. The first kappa shape index (κ1) is 10.3. The van der Waals surface area contributed by atoms with Crippen LogP contribution in [0.1, 0.15) is 6.92 Å². The lowest BCUT2D eigenvalue weighted by molar-refractivity contribution is -0.143. The number of H-pyrrole nitrogens is 1. The van der Waals surface area contributed by atoms with Crippen molar-refractivity contribution in [3.05, 3.63) is 21.0 Å². The van der Waals surface area contributed by atoms with E-state index < -0.39 is 29.5 Å². The molecule has 8 heteroatoms. The standard InChI is InChI=1S/C6H9N3O5/c1-6(7,3(10)11)2-9-4(12)8-14-5(9)13/h2,7H2,1H3,(H,8,12)(H,10,11)/t6-/m0/s1. The predicted octanol–water partition coefficient (Wildman–Crippen LogP) is -2.07. The van der Waals surface area contributed by atoms with E-state index in [1.807, 2.05) is 0 Å². The second kappa shape index (κ2) is 3.14. The number of hydrogen-bond acceptors (Lipinski definition) is 5. The van der Waals surface area contributed by atoms with Gasteiger partial charge in [0.25, 0.3) is 0 Å². The maximum Gasteiger partial charge on any atom is 0.442 e. The van der Waals surface area contributed by atoms with Crippen LogP contribution in [0.25, 0.3) is 0 Å². The molecule has 14 heavy (non-hydrogen) atoms. The lowest BCUT2D eigenvalue weighted by atomic mass is 10.1. The van der Waals surface area contributed by atoms with Crippen molar-refractivity contribution in [3.8, 4) is 0 Å². The zero-order valence-electron chi connectivity index (χ0n) is 7.31. The van der Waals surface area contributed by atoms with E-state index in [0.717, 1.165) is 0 Å². The van der Waals surface area contributed by atoms with Crippen molar-refractivity contribution in [3.63, 3.8) is 0 Å². The van der Waals surface area contributed by atoms with Gasteiger partial charge in [0.2, 0.25) is 0 Å². The molecule has 0 aliphatic carbocycles. The Bertz CT molecular complexity index is 423. The highest BCUT2D eigenvalue weighted by Crippen LogP contribution is 2.00. The van der Waals surface area contributed by atoms with Gasteiger partial charge in [0.15, 0.2) is 0 Å². The van der Waals surface area contributed by atoms with Gasteiger partial charge in [0.05, 0.1) is 6.54 Å². The Kier molecular flexibility index (Phi) is 2.30. The average Bonchev–Trinajstić information content (AvgIpc) is 2.35. The summed E-state index contributed by atoms with van der Waals surface area (Å²) >= 11 is 0. The minimum Gasteiger partial charge on any atom is -0.480 e. The fourth-order valence-corrected chi connectivity index (χ4v) is 0.813. The van der Waals surface area contributed by atoms with E-state index in [0.29, 0.717) is 4.57 Å². The molecule has 0 aliphatic heterocycles. The Hall–Kier alpha value is -1.83. The SMILES string of the molecule is C[C@](N)(Cn1c(=O)[nH]oc1=O)C(=O)O. The Labute approximate surface area is 76.9 Å². The quantitative estimate of drug-likeness (QED) is 0.517. The van der Waals surface area contributed by atoms with Crippen LogP contribution in [0.15, 0.2) is 14.1 Å². The molecule has 1 aromatic heterocycles. The topological polar surface area (TPSA) is 131 Å². The maximum absolute atomic E-state index is 10.9. The summed E-state index contributed by atoms with van der Waals surface area (Å²) in [6.45, 7) is 0.737. The summed E-state index contributed by atoms with van der Waals surface area (Å²) in [5.41, 5.74) is 2.82. The molecule has 0 aromatic carbocycles. The molecule has 0 fully saturated rings. The summed E-state index contributed by atoms with van der Waals surface area (Å²) in [6, 6.07) is 0. The monoisotopic (exact) mass is 203 g/mol. The van der Waals surface area contributed by atoms with Crippen molar-refractivity contribution in [2.45, 2.75) is 19.0 Å². The minimum absolute atomic E-state index is 0.451. The van der Waals surface area contributed by atoms with Crippen molar-refractivity contribution in [2.75, 3.05) is 0 Å². The summed E-state index contributed by atoms with van der Waals surface area (Å²) in [5, 5.41) is 10.4. The van der Waals surface area contributed by atoms with Gasteiger partial charge in [-0.3, -0.25) is 4.79 Å². The van der Waals surface area contributed by atoms with Crippen LogP contribution in [-0.2, 0) is 11.3 Å². The Morgan fingerprint density at radius 3 is 2.64 bits per heavy atom. The highest BCUT2D eigenvalue weighted by atomic mass is 16.5. The zero-order valence-corrected chi connectivity index (χ0v) is 7.31. The maximum atomic E-state index is 10.9. The van der Waals surface area contributed by atoms with Crippen LogP contribution < -0.4 is 17.2 Å². The van der Waals surface area contributed by atoms with E-state index in [-0.39, 0.29) is 0 Å². The smallest absolute Gasteiger partial charge is 0.442 e. The molecular formula is C6H9N3O5. The number of aromatic amines is 1. The molecule has 0 radical (unpaired) electrons. The van der Waals surface area contributed by atoms with Gasteiger partial charge < -0.3 is 15.4 Å². The summed E-state index contributed by atoms with van der Waals surface area (Å²) in [5.74, 6) is -2.28. The highest BCUT2D eigenvalue weighted by Gasteiger charge is 2.30. The number of nitrogens with zero attached hydrogens (tertiary/aromatic N) is 1. The van der Waals surface area contributed by atoms with Crippen LogP contribution in [-0.4, -0.2) is 26.3 Å². The number of nitrogens with two attached hydrogens (primary N) is 1. The van der Waals surface area contributed by atoms with Crippen LogP contribution in [0.5, 0.6) is 0 Å². The van der Waals surface area contributed by atoms with Gasteiger partial charge in [-0.1, -0.05) is 0 Å². The molecule has 78 valence electrons. The lowest BCUT2D eigenvalue weighted by Gasteiger charge is -2.17. The molecule has 1 atom stereocenters. The average molecular weight is 203 g/mol. The third-order valence-corrected chi connectivity index (χ3v) is 1.67.